The molecule has 0 aliphatic heterocycles. The van der Waals surface area contributed by atoms with Gasteiger partial charge in [0.25, 0.3) is 5.91 Å². The molecule has 6 nitrogen and oxygen atoms in total. The second-order valence-electron chi connectivity index (χ2n) is 4.80. The van der Waals surface area contributed by atoms with Crippen molar-refractivity contribution in [3.63, 3.8) is 0 Å². The van der Waals surface area contributed by atoms with Crippen molar-refractivity contribution < 1.29 is 23.7 Å². The summed E-state index contributed by atoms with van der Waals surface area (Å²) >= 11 is 11.9. The summed E-state index contributed by atoms with van der Waals surface area (Å²) in [5.41, 5.74) is 0.472. The van der Waals surface area contributed by atoms with E-state index >= 15 is 0 Å². The molecule has 1 amide bonds. The van der Waals surface area contributed by atoms with E-state index in [0.717, 1.165) is 0 Å². The van der Waals surface area contributed by atoms with Crippen molar-refractivity contribution in [1.29, 1.82) is 0 Å². The van der Waals surface area contributed by atoms with Crippen LogP contribution in [0.1, 0.15) is 0 Å². The highest BCUT2D eigenvalue weighted by molar-refractivity contribution is 6.42. The molecule has 2 aromatic carbocycles. The van der Waals surface area contributed by atoms with E-state index in [1.807, 2.05) is 0 Å². The van der Waals surface area contributed by atoms with Crippen LogP contribution in [0.15, 0.2) is 30.3 Å². The number of carbonyl (C=O) groups is 1. The number of anilines is 1. The van der Waals surface area contributed by atoms with E-state index in [2.05, 4.69) is 5.32 Å². The molecule has 0 bridgehead atoms. The molecule has 0 saturated carbocycles. The van der Waals surface area contributed by atoms with Crippen LogP contribution in [0.3, 0.4) is 0 Å². The van der Waals surface area contributed by atoms with Gasteiger partial charge in [0.1, 0.15) is 10.8 Å². The standard InChI is InChI=1S/C17H17Cl2NO5/c1-22-13-7-10(8-14(23-2)17(13)24-3)20-15(21)9-25-12-6-4-5-11(18)16(12)19/h4-8H,9H2,1-3H3,(H,20,21). The summed E-state index contributed by atoms with van der Waals surface area (Å²) < 4.78 is 21.1. The van der Waals surface area contributed by atoms with Gasteiger partial charge in [0.15, 0.2) is 18.1 Å². The molecular formula is C17H17Cl2NO5. The second kappa shape index (κ2) is 8.69. The summed E-state index contributed by atoms with van der Waals surface area (Å²) in [6.07, 6.45) is 0. The predicted molar refractivity (Wildman–Crippen MR) is 96.7 cm³/mol. The zero-order valence-corrected chi connectivity index (χ0v) is 15.4. The van der Waals surface area contributed by atoms with Crippen molar-refractivity contribution >= 4 is 34.8 Å². The van der Waals surface area contributed by atoms with Crippen molar-refractivity contribution in [3.8, 4) is 23.0 Å². The first-order chi connectivity index (χ1) is 12.0. The van der Waals surface area contributed by atoms with E-state index < -0.39 is 0 Å². The normalized spacial score (nSPS) is 10.1. The first kappa shape index (κ1) is 19.0. The van der Waals surface area contributed by atoms with Gasteiger partial charge in [0.2, 0.25) is 5.75 Å². The maximum Gasteiger partial charge on any atom is 0.262 e. The van der Waals surface area contributed by atoms with Gasteiger partial charge in [-0.05, 0) is 12.1 Å². The summed E-state index contributed by atoms with van der Waals surface area (Å²) in [4.78, 5) is 12.1. The van der Waals surface area contributed by atoms with E-state index in [1.54, 1.807) is 30.3 Å². The summed E-state index contributed by atoms with van der Waals surface area (Å²) in [5.74, 6) is 1.23. The maximum atomic E-state index is 12.1. The Hall–Kier alpha value is -2.31. The third-order valence-electron chi connectivity index (χ3n) is 3.22. The zero-order chi connectivity index (χ0) is 18.4. The van der Waals surface area contributed by atoms with Crippen LogP contribution >= 0.6 is 23.2 Å². The molecule has 0 aliphatic rings. The fourth-order valence-corrected chi connectivity index (χ4v) is 2.44. The Morgan fingerprint density at radius 2 is 1.64 bits per heavy atom. The van der Waals surface area contributed by atoms with Crippen molar-refractivity contribution in [2.75, 3.05) is 33.3 Å². The topological polar surface area (TPSA) is 66.0 Å². The van der Waals surface area contributed by atoms with E-state index in [1.165, 1.54) is 21.3 Å². The number of carbonyl (C=O) groups excluding carboxylic acids is 1. The number of ether oxygens (including phenoxy) is 4. The van der Waals surface area contributed by atoms with Gasteiger partial charge in [0.05, 0.1) is 26.4 Å². The van der Waals surface area contributed by atoms with Gasteiger partial charge in [-0.1, -0.05) is 29.3 Å². The number of methoxy groups -OCH3 is 3. The Bertz CT molecular complexity index is 742. The molecule has 0 unspecified atom stereocenters. The van der Waals surface area contributed by atoms with Gasteiger partial charge in [-0.15, -0.1) is 0 Å². The smallest absolute Gasteiger partial charge is 0.262 e. The van der Waals surface area contributed by atoms with E-state index in [-0.39, 0.29) is 17.5 Å². The Balaban J connectivity index is 2.08. The number of nitrogens with one attached hydrogen (secondary N) is 1. The molecule has 0 aromatic heterocycles. The first-order valence-corrected chi connectivity index (χ1v) is 7.92. The Morgan fingerprint density at radius 3 is 2.20 bits per heavy atom. The van der Waals surface area contributed by atoms with Crippen LogP contribution in [0.5, 0.6) is 23.0 Å². The second-order valence-corrected chi connectivity index (χ2v) is 5.59. The highest BCUT2D eigenvalue weighted by Crippen LogP contribution is 2.40. The molecule has 0 aliphatic carbocycles. The lowest BCUT2D eigenvalue weighted by Crippen LogP contribution is -2.20. The highest BCUT2D eigenvalue weighted by Gasteiger charge is 2.15. The van der Waals surface area contributed by atoms with Gasteiger partial charge in [-0.3, -0.25) is 4.79 Å². The van der Waals surface area contributed by atoms with Crippen LogP contribution in [0.4, 0.5) is 5.69 Å². The van der Waals surface area contributed by atoms with Gasteiger partial charge < -0.3 is 24.3 Å². The molecule has 1 N–H and O–H groups in total. The lowest BCUT2D eigenvalue weighted by atomic mass is 10.2. The van der Waals surface area contributed by atoms with Crippen LogP contribution in [0.2, 0.25) is 10.0 Å². The average molecular weight is 386 g/mol. The summed E-state index contributed by atoms with van der Waals surface area (Å²) in [5, 5.41) is 3.30. The molecule has 2 rings (SSSR count). The highest BCUT2D eigenvalue weighted by atomic mass is 35.5. The molecule has 134 valence electrons. The number of benzene rings is 2. The van der Waals surface area contributed by atoms with Gasteiger partial charge >= 0.3 is 0 Å². The Kier molecular flexibility index (Phi) is 6.61. The van der Waals surface area contributed by atoms with Crippen molar-refractivity contribution in [3.05, 3.63) is 40.4 Å². The lowest BCUT2D eigenvalue weighted by Gasteiger charge is -2.15. The molecule has 0 saturated heterocycles. The van der Waals surface area contributed by atoms with Gasteiger partial charge in [0, 0.05) is 17.8 Å². The number of rotatable bonds is 7. The molecule has 0 spiro atoms. The van der Waals surface area contributed by atoms with Crippen LogP contribution in [-0.2, 0) is 4.79 Å². The molecule has 2 aromatic rings. The van der Waals surface area contributed by atoms with Crippen LogP contribution in [0.25, 0.3) is 0 Å². The average Bonchev–Trinajstić information content (AvgIpc) is 2.62. The minimum Gasteiger partial charge on any atom is -0.493 e. The molecule has 25 heavy (non-hydrogen) atoms. The van der Waals surface area contributed by atoms with E-state index in [0.29, 0.717) is 33.7 Å². The summed E-state index contributed by atoms with van der Waals surface area (Å²) in [7, 11) is 4.49. The van der Waals surface area contributed by atoms with Crippen molar-refractivity contribution in [1.82, 2.24) is 0 Å². The Morgan fingerprint density at radius 1 is 1.00 bits per heavy atom. The molecule has 0 radical (unpaired) electrons. The van der Waals surface area contributed by atoms with Gasteiger partial charge in [-0.25, -0.2) is 0 Å². The summed E-state index contributed by atoms with van der Waals surface area (Å²) in [6, 6.07) is 8.17. The first-order valence-electron chi connectivity index (χ1n) is 7.16. The largest absolute Gasteiger partial charge is 0.493 e. The van der Waals surface area contributed by atoms with Gasteiger partial charge in [-0.2, -0.15) is 0 Å². The third kappa shape index (κ3) is 4.61. The maximum absolute atomic E-state index is 12.1. The van der Waals surface area contributed by atoms with Crippen molar-refractivity contribution in [2.45, 2.75) is 0 Å². The monoisotopic (exact) mass is 385 g/mol. The third-order valence-corrected chi connectivity index (χ3v) is 4.02. The minimum absolute atomic E-state index is 0.239. The van der Waals surface area contributed by atoms with E-state index in [4.69, 9.17) is 42.1 Å². The SMILES string of the molecule is COc1cc(NC(=O)COc2cccc(Cl)c2Cl)cc(OC)c1OC. The summed E-state index contributed by atoms with van der Waals surface area (Å²) in [6.45, 7) is -0.239. The fourth-order valence-electron chi connectivity index (χ4n) is 2.09. The quantitative estimate of drug-likeness (QED) is 0.778. The Labute approximate surface area is 155 Å². The molecule has 8 heteroatoms. The number of amides is 1. The zero-order valence-electron chi connectivity index (χ0n) is 13.9. The number of hydrogen-bond acceptors (Lipinski definition) is 5. The number of halogens is 2. The van der Waals surface area contributed by atoms with Crippen LogP contribution < -0.4 is 24.3 Å². The van der Waals surface area contributed by atoms with Crippen molar-refractivity contribution in [2.24, 2.45) is 0 Å². The predicted octanol–water partition coefficient (Wildman–Crippen LogP) is 4.04. The number of hydrogen-bond donors (Lipinski definition) is 1. The fraction of sp³-hybridized carbons (Fsp3) is 0.235. The van der Waals surface area contributed by atoms with Crippen LogP contribution in [0, 0.1) is 0 Å². The molecule has 0 atom stereocenters. The van der Waals surface area contributed by atoms with Crippen LogP contribution in [-0.4, -0.2) is 33.8 Å². The molecular weight excluding hydrogens is 369 g/mol. The molecule has 0 fully saturated rings. The van der Waals surface area contributed by atoms with E-state index in [9.17, 15) is 4.79 Å². The molecule has 0 heterocycles. The minimum atomic E-state index is -0.384. The lowest BCUT2D eigenvalue weighted by molar-refractivity contribution is -0.118.